The van der Waals surface area contributed by atoms with E-state index in [1.807, 2.05) is 12.1 Å². The second-order valence-corrected chi connectivity index (χ2v) is 7.97. The fraction of sp³-hybridized carbons (Fsp3) is 0.400. The minimum atomic E-state index is -1.12. The SMILES string of the molecule is CC(C)(C)OC(=O)N1C[C@H](F)C[C@H]1c1nc2c(ccc3cc(O)ccc32)[nH]1. The number of alkyl halides is 1. The first-order valence-corrected chi connectivity index (χ1v) is 8.96. The first-order chi connectivity index (χ1) is 12.7. The van der Waals surface area contributed by atoms with Crippen molar-refractivity contribution >= 4 is 27.9 Å². The van der Waals surface area contributed by atoms with Crippen LogP contribution in [0.15, 0.2) is 30.3 Å². The molecule has 2 aromatic carbocycles. The number of nitrogens with zero attached hydrogens (tertiary/aromatic N) is 2. The molecule has 1 aliphatic heterocycles. The lowest BCUT2D eigenvalue weighted by molar-refractivity contribution is 0.0211. The van der Waals surface area contributed by atoms with Gasteiger partial charge in [0.15, 0.2) is 0 Å². The smallest absolute Gasteiger partial charge is 0.411 e. The molecule has 2 atom stereocenters. The molecule has 1 amide bonds. The van der Waals surface area contributed by atoms with Gasteiger partial charge >= 0.3 is 6.09 Å². The molecule has 1 fully saturated rings. The average Bonchev–Trinajstić information content (AvgIpc) is 3.16. The monoisotopic (exact) mass is 371 g/mol. The molecule has 4 rings (SSSR count). The molecule has 0 saturated carbocycles. The lowest BCUT2D eigenvalue weighted by Crippen LogP contribution is -2.37. The van der Waals surface area contributed by atoms with E-state index in [-0.39, 0.29) is 18.7 Å². The minimum absolute atomic E-state index is 0.00869. The number of hydrogen-bond acceptors (Lipinski definition) is 4. The van der Waals surface area contributed by atoms with Crippen LogP contribution in [0.5, 0.6) is 5.75 Å². The second-order valence-electron chi connectivity index (χ2n) is 7.97. The molecule has 7 heteroatoms. The number of aromatic hydroxyl groups is 1. The van der Waals surface area contributed by atoms with E-state index in [0.29, 0.717) is 5.82 Å². The molecule has 2 N–H and O–H groups in total. The van der Waals surface area contributed by atoms with Gasteiger partial charge in [0, 0.05) is 11.8 Å². The summed E-state index contributed by atoms with van der Waals surface area (Å²) in [6.07, 6.45) is -1.48. The number of aromatic nitrogens is 2. The summed E-state index contributed by atoms with van der Waals surface area (Å²) >= 11 is 0. The number of halogens is 1. The van der Waals surface area contributed by atoms with Crippen molar-refractivity contribution in [1.82, 2.24) is 14.9 Å². The number of fused-ring (bicyclic) bond motifs is 3. The molecule has 2 heterocycles. The molecule has 0 bridgehead atoms. The number of likely N-dealkylation sites (tertiary alicyclic amines) is 1. The third-order valence-corrected chi connectivity index (χ3v) is 4.66. The third-order valence-electron chi connectivity index (χ3n) is 4.66. The number of rotatable bonds is 1. The van der Waals surface area contributed by atoms with Gasteiger partial charge in [0.25, 0.3) is 0 Å². The van der Waals surface area contributed by atoms with Gasteiger partial charge in [-0.2, -0.15) is 0 Å². The van der Waals surface area contributed by atoms with Crippen LogP contribution in [-0.4, -0.2) is 44.4 Å². The highest BCUT2D eigenvalue weighted by molar-refractivity contribution is 6.04. The van der Waals surface area contributed by atoms with Crippen molar-refractivity contribution in [2.45, 2.75) is 45.0 Å². The highest BCUT2D eigenvalue weighted by Crippen LogP contribution is 2.35. The summed E-state index contributed by atoms with van der Waals surface area (Å²) in [4.78, 5) is 21.8. The Hall–Kier alpha value is -2.83. The van der Waals surface area contributed by atoms with Crippen molar-refractivity contribution in [2.75, 3.05) is 6.54 Å². The van der Waals surface area contributed by atoms with Gasteiger partial charge in [0.1, 0.15) is 23.3 Å². The summed E-state index contributed by atoms with van der Waals surface area (Å²) in [7, 11) is 0. The molecule has 1 aliphatic rings. The normalized spacial score (nSPS) is 20.5. The van der Waals surface area contributed by atoms with Gasteiger partial charge in [-0.3, -0.25) is 4.90 Å². The molecule has 1 saturated heterocycles. The van der Waals surface area contributed by atoms with Crippen LogP contribution in [0.1, 0.15) is 39.1 Å². The zero-order valence-electron chi connectivity index (χ0n) is 15.5. The van der Waals surface area contributed by atoms with Crippen molar-refractivity contribution in [2.24, 2.45) is 0 Å². The number of aromatic amines is 1. The number of carbonyl (C=O) groups excluding carboxylic acids is 1. The van der Waals surface area contributed by atoms with Crippen LogP contribution >= 0.6 is 0 Å². The molecule has 0 radical (unpaired) electrons. The fourth-order valence-electron chi connectivity index (χ4n) is 3.53. The van der Waals surface area contributed by atoms with Gasteiger partial charge in [-0.15, -0.1) is 0 Å². The topological polar surface area (TPSA) is 78.4 Å². The number of amides is 1. The third kappa shape index (κ3) is 3.29. The largest absolute Gasteiger partial charge is 0.508 e. The molecule has 0 unspecified atom stereocenters. The molecule has 142 valence electrons. The van der Waals surface area contributed by atoms with E-state index < -0.39 is 23.9 Å². The Morgan fingerprint density at radius 1 is 1.33 bits per heavy atom. The van der Waals surface area contributed by atoms with E-state index in [4.69, 9.17) is 4.74 Å². The van der Waals surface area contributed by atoms with E-state index >= 15 is 0 Å². The Balaban J connectivity index is 1.73. The molecule has 1 aromatic heterocycles. The highest BCUT2D eigenvalue weighted by Gasteiger charge is 2.40. The number of imidazole rings is 1. The number of benzene rings is 2. The zero-order chi connectivity index (χ0) is 19.3. The van der Waals surface area contributed by atoms with Gasteiger partial charge in [-0.1, -0.05) is 6.07 Å². The maximum Gasteiger partial charge on any atom is 0.411 e. The number of H-pyrrole nitrogens is 1. The van der Waals surface area contributed by atoms with Crippen LogP contribution in [0.2, 0.25) is 0 Å². The predicted molar refractivity (Wildman–Crippen MR) is 100 cm³/mol. The maximum atomic E-state index is 14.1. The molecule has 0 aliphatic carbocycles. The van der Waals surface area contributed by atoms with Gasteiger partial charge < -0.3 is 14.8 Å². The molecule has 27 heavy (non-hydrogen) atoms. The molecule has 0 spiro atoms. The number of ether oxygens (including phenoxy) is 1. The first kappa shape index (κ1) is 17.6. The fourth-order valence-corrected chi connectivity index (χ4v) is 3.53. The highest BCUT2D eigenvalue weighted by atomic mass is 19.1. The Morgan fingerprint density at radius 2 is 2.11 bits per heavy atom. The zero-order valence-corrected chi connectivity index (χ0v) is 15.5. The lowest BCUT2D eigenvalue weighted by Gasteiger charge is -2.27. The van der Waals surface area contributed by atoms with Crippen LogP contribution in [0.3, 0.4) is 0 Å². The summed E-state index contributed by atoms with van der Waals surface area (Å²) in [5, 5.41) is 11.4. The van der Waals surface area contributed by atoms with Crippen LogP contribution in [-0.2, 0) is 4.74 Å². The van der Waals surface area contributed by atoms with Crippen LogP contribution in [0, 0.1) is 0 Å². The Labute approximate surface area is 155 Å². The van der Waals surface area contributed by atoms with Gasteiger partial charge in [-0.05, 0) is 50.4 Å². The molecule has 3 aromatic rings. The number of phenolic OH excluding ortho intramolecular Hbond substituents is 1. The molecule has 6 nitrogen and oxygen atoms in total. The van der Waals surface area contributed by atoms with Gasteiger partial charge in [0.05, 0.1) is 23.6 Å². The summed E-state index contributed by atoms with van der Waals surface area (Å²) in [6, 6.07) is 8.33. The Morgan fingerprint density at radius 3 is 2.85 bits per heavy atom. The van der Waals surface area contributed by atoms with E-state index in [1.54, 1.807) is 39.0 Å². The van der Waals surface area contributed by atoms with Crippen LogP contribution in [0.25, 0.3) is 21.8 Å². The number of nitrogens with one attached hydrogen (secondary N) is 1. The minimum Gasteiger partial charge on any atom is -0.508 e. The number of carbonyl (C=O) groups is 1. The summed E-state index contributed by atoms with van der Waals surface area (Å²) in [5.74, 6) is 0.723. The van der Waals surface area contributed by atoms with Crippen molar-refractivity contribution < 1.29 is 19.0 Å². The van der Waals surface area contributed by atoms with E-state index in [9.17, 15) is 14.3 Å². The Kier molecular flexibility index (Phi) is 3.98. The maximum absolute atomic E-state index is 14.1. The van der Waals surface area contributed by atoms with E-state index in [0.717, 1.165) is 21.8 Å². The second kappa shape index (κ2) is 6.11. The first-order valence-electron chi connectivity index (χ1n) is 8.96. The van der Waals surface area contributed by atoms with Crippen LogP contribution < -0.4 is 0 Å². The molecular formula is C20H22FN3O3. The van der Waals surface area contributed by atoms with Crippen molar-refractivity contribution in [3.63, 3.8) is 0 Å². The summed E-state index contributed by atoms with van der Waals surface area (Å²) in [5.41, 5.74) is 0.880. The number of phenols is 1. The van der Waals surface area contributed by atoms with E-state index in [2.05, 4.69) is 9.97 Å². The summed E-state index contributed by atoms with van der Waals surface area (Å²) in [6.45, 7) is 5.34. The van der Waals surface area contributed by atoms with E-state index in [1.165, 1.54) is 4.90 Å². The van der Waals surface area contributed by atoms with Gasteiger partial charge in [0.2, 0.25) is 0 Å². The van der Waals surface area contributed by atoms with Crippen molar-refractivity contribution in [3.8, 4) is 5.75 Å². The number of hydrogen-bond donors (Lipinski definition) is 2. The molecular weight excluding hydrogens is 349 g/mol. The van der Waals surface area contributed by atoms with Gasteiger partial charge in [-0.25, -0.2) is 14.2 Å². The quantitative estimate of drug-likeness (QED) is 0.663. The van der Waals surface area contributed by atoms with Crippen molar-refractivity contribution in [1.29, 1.82) is 0 Å². The van der Waals surface area contributed by atoms with Crippen LogP contribution in [0.4, 0.5) is 9.18 Å². The average molecular weight is 371 g/mol. The standard InChI is InChI=1S/C20H22FN3O3/c1-20(2,3)27-19(26)24-10-12(21)9-16(24)18-22-15-7-4-11-8-13(25)5-6-14(11)17(15)23-18/h4-8,12,16,25H,9-10H2,1-3H3,(H,22,23)/t12-,16+/m1/s1. The lowest BCUT2D eigenvalue weighted by atomic mass is 10.1. The predicted octanol–water partition coefficient (Wildman–Crippen LogP) is 4.44. The Bertz CT molecular complexity index is 1020. The van der Waals surface area contributed by atoms with Crippen molar-refractivity contribution in [3.05, 3.63) is 36.2 Å². The summed E-state index contributed by atoms with van der Waals surface area (Å²) < 4.78 is 19.6.